The number of aliphatic hydroxyl groups is 1. The number of halogens is 3. The number of thiazole rings is 1. The van der Waals surface area contributed by atoms with Gasteiger partial charge in [0.25, 0.3) is 0 Å². The Morgan fingerprint density at radius 2 is 2.06 bits per heavy atom. The van der Waals surface area contributed by atoms with E-state index in [0.29, 0.717) is 10.6 Å². The molecule has 0 fully saturated rings. The van der Waals surface area contributed by atoms with Crippen molar-refractivity contribution in [3.05, 3.63) is 85.8 Å². The van der Waals surface area contributed by atoms with Crippen LogP contribution in [0, 0.1) is 23.0 Å². The topological polar surface area (TPSA) is 60.1 Å². The Balaban J connectivity index is 1.70. The Bertz CT molecular complexity index is 1240. The third-order valence-corrected chi connectivity index (χ3v) is 8.76. The maximum absolute atomic E-state index is 14.9. The van der Waals surface area contributed by atoms with Gasteiger partial charge in [-0.1, -0.05) is 51.9 Å². The van der Waals surface area contributed by atoms with Crippen LogP contribution in [0.3, 0.4) is 0 Å². The lowest BCUT2D eigenvalue weighted by atomic mass is 9.81. The molecule has 0 radical (unpaired) electrons. The van der Waals surface area contributed by atoms with Crippen LogP contribution in [0.15, 0.2) is 58.0 Å². The van der Waals surface area contributed by atoms with Gasteiger partial charge in [-0.15, -0.1) is 11.3 Å². The van der Waals surface area contributed by atoms with Crippen LogP contribution < -0.4 is 0 Å². The van der Waals surface area contributed by atoms with Crippen LogP contribution in [0.2, 0.25) is 0 Å². The number of benzene rings is 2. The fourth-order valence-corrected chi connectivity index (χ4v) is 6.51. The molecule has 0 saturated heterocycles. The first kappa shape index (κ1) is 23.8. The number of rotatable bonds is 6. The van der Waals surface area contributed by atoms with Crippen molar-refractivity contribution >= 4 is 36.2 Å². The summed E-state index contributed by atoms with van der Waals surface area (Å²) in [7, 11) is 0. The Morgan fingerprint density at radius 3 is 2.79 bits per heavy atom. The molecule has 0 saturated carbocycles. The number of nitrogens with zero attached hydrogens (tertiary/aromatic N) is 3. The van der Waals surface area contributed by atoms with Crippen molar-refractivity contribution < 1.29 is 13.9 Å². The standard InChI is InChI=1S/C25H22F2IN3OS/c1-17(24-30-23(14-33-24)19-6-4-18(13-29)5-7-19)25(32,15-31-11-3-2-10-28-16-31)21-9-8-20(26)12-22(21)27/h2,4-10,12,14,16-17,32H,3,11,15H2,1H3/t17-,25+/m0/s1. The van der Waals surface area contributed by atoms with Crippen LogP contribution in [0.4, 0.5) is 8.78 Å². The molecule has 4 rings (SSSR count). The van der Waals surface area contributed by atoms with Gasteiger partial charge in [0.15, 0.2) is 0 Å². The lowest BCUT2D eigenvalue weighted by Crippen LogP contribution is -2.44. The minimum Gasteiger partial charge on any atom is -0.383 e. The normalized spacial score (nSPS) is 16.9. The summed E-state index contributed by atoms with van der Waals surface area (Å²) in [4.78, 5) is 6.77. The molecule has 1 aliphatic rings. The molecule has 2 aromatic carbocycles. The summed E-state index contributed by atoms with van der Waals surface area (Å²) in [6.07, 6.45) is 2.99. The van der Waals surface area contributed by atoms with Gasteiger partial charge in [-0.2, -0.15) is 5.26 Å². The molecule has 2 atom stereocenters. The van der Waals surface area contributed by atoms with Crippen molar-refractivity contribution in [1.82, 2.24) is 9.88 Å². The van der Waals surface area contributed by atoms with Crippen molar-refractivity contribution in [3.63, 3.8) is 0 Å². The van der Waals surface area contributed by atoms with Gasteiger partial charge in [0.2, 0.25) is 0 Å². The zero-order valence-corrected chi connectivity index (χ0v) is 20.9. The Kier molecular flexibility index (Phi) is 7.44. The third-order valence-electron chi connectivity index (χ3n) is 5.70. The summed E-state index contributed by atoms with van der Waals surface area (Å²) in [6.45, 7) is 2.74. The second-order valence-corrected chi connectivity index (χ2v) is 10.8. The van der Waals surface area contributed by atoms with E-state index < -0.39 is 23.2 Å². The Labute approximate surface area is 205 Å². The summed E-state index contributed by atoms with van der Waals surface area (Å²) in [5.41, 5.74) is 0.605. The van der Waals surface area contributed by atoms with Crippen LogP contribution >= 0.6 is 32.1 Å². The molecule has 1 N–H and O–H groups in total. The lowest BCUT2D eigenvalue weighted by molar-refractivity contribution is -0.00805. The highest BCUT2D eigenvalue weighted by atomic mass is 127. The molecule has 3 aromatic rings. The maximum Gasteiger partial charge on any atom is 0.132 e. The van der Waals surface area contributed by atoms with Gasteiger partial charge >= 0.3 is 0 Å². The number of β-amino-alcohol motifs (C(OH)–C–C–N with tert-alkyl or cyclic N) is 1. The van der Waals surface area contributed by atoms with Crippen molar-refractivity contribution in [3.8, 4) is 17.3 Å². The average Bonchev–Trinajstić information content (AvgIpc) is 3.17. The monoisotopic (exact) mass is 577 g/mol. The molecule has 2 heterocycles. The van der Waals surface area contributed by atoms with Crippen molar-refractivity contribution in [2.75, 3.05) is 13.1 Å². The highest BCUT2D eigenvalue weighted by Crippen LogP contribution is 2.41. The number of aromatic nitrogens is 1. The molecule has 0 spiro atoms. The van der Waals surface area contributed by atoms with Crippen LogP contribution in [-0.4, -0.2) is 32.2 Å². The molecule has 8 heteroatoms. The van der Waals surface area contributed by atoms with E-state index in [9.17, 15) is 13.9 Å². The Hall–Kier alpha value is -2.32. The van der Waals surface area contributed by atoms with Crippen molar-refractivity contribution in [2.24, 2.45) is 0 Å². The highest BCUT2D eigenvalue weighted by Gasteiger charge is 2.41. The molecule has 0 aliphatic carbocycles. The first-order valence-corrected chi connectivity index (χ1v) is 13.8. The van der Waals surface area contributed by atoms with Gasteiger partial charge in [0.1, 0.15) is 17.2 Å². The number of hydrogen-bond donors (Lipinski definition) is 1. The van der Waals surface area contributed by atoms with E-state index in [1.807, 2.05) is 29.3 Å². The third kappa shape index (κ3) is 5.27. The molecule has 170 valence electrons. The summed E-state index contributed by atoms with van der Waals surface area (Å²) in [5, 5.41) is 23.5. The second kappa shape index (κ2) is 10.3. The van der Waals surface area contributed by atoms with Gasteiger partial charge in [0, 0.05) is 45.7 Å². The van der Waals surface area contributed by atoms with E-state index in [1.165, 1.54) is 23.5 Å². The Morgan fingerprint density at radius 1 is 1.27 bits per heavy atom. The second-order valence-electron chi connectivity index (χ2n) is 7.87. The molecular formula is C25H22F2IN3OS. The lowest BCUT2D eigenvalue weighted by Gasteiger charge is -2.37. The summed E-state index contributed by atoms with van der Waals surface area (Å²) in [5.74, 6) is -1.99. The zero-order chi connectivity index (χ0) is 23.4. The summed E-state index contributed by atoms with van der Waals surface area (Å²) < 4.78 is 32.8. The quantitative estimate of drug-likeness (QED) is 0.371. The first-order chi connectivity index (χ1) is 15.9. The van der Waals surface area contributed by atoms with E-state index in [1.54, 1.807) is 12.1 Å². The van der Waals surface area contributed by atoms with Crippen LogP contribution in [-0.2, 0) is 5.60 Å². The fourth-order valence-electron chi connectivity index (χ4n) is 3.77. The van der Waals surface area contributed by atoms with Crippen molar-refractivity contribution in [1.29, 1.82) is 5.26 Å². The summed E-state index contributed by atoms with van der Waals surface area (Å²) >= 11 is 1.11. The van der Waals surface area contributed by atoms with Crippen LogP contribution in [0.1, 0.15) is 35.4 Å². The van der Waals surface area contributed by atoms with E-state index in [0.717, 1.165) is 30.3 Å². The minimum atomic E-state index is -1.61. The maximum atomic E-state index is 14.9. The molecule has 1 aromatic heterocycles. The molecule has 4 nitrogen and oxygen atoms in total. The van der Waals surface area contributed by atoms with Gasteiger partial charge in [-0.25, -0.2) is 13.8 Å². The SMILES string of the molecule is C[C@@H](c1nc(-c2ccc(C#N)cc2)cs1)[C@](O)(CN1C=IC=CCC1)c1ccc(F)cc1F. The van der Waals surface area contributed by atoms with E-state index >= 15 is 0 Å². The number of hydrogen-bond acceptors (Lipinski definition) is 5. The molecule has 33 heavy (non-hydrogen) atoms. The van der Waals surface area contributed by atoms with Crippen LogP contribution in [0.5, 0.6) is 0 Å². The van der Waals surface area contributed by atoms with Gasteiger partial charge < -0.3 is 5.11 Å². The predicted molar refractivity (Wildman–Crippen MR) is 136 cm³/mol. The largest absolute Gasteiger partial charge is 0.383 e. The molecule has 0 unspecified atom stereocenters. The van der Waals surface area contributed by atoms with E-state index in [4.69, 9.17) is 10.2 Å². The fraction of sp³-hybridized carbons (Fsp3) is 0.240. The average molecular weight is 577 g/mol. The van der Waals surface area contributed by atoms with Gasteiger partial charge in [0.05, 0.1) is 22.3 Å². The molecule has 0 amide bonds. The molecule has 1 aliphatic heterocycles. The highest BCUT2D eigenvalue weighted by molar-refractivity contribution is 14.2. The van der Waals surface area contributed by atoms with Crippen LogP contribution in [0.25, 0.3) is 11.3 Å². The number of nitriles is 1. The molecule has 0 bridgehead atoms. The molecular weight excluding hydrogens is 555 g/mol. The van der Waals surface area contributed by atoms with E-state index in [-0.39, 0.29) is 32.8 Å². The minimum absolute atomic E-state index is 0.0651. The summed E-state index contributed by atoms with van der Waals surface area (Å²) in [6, 6.07) is 12.6. The predicted octanol–water partition coefficient (Wildman–Crippen LogP) is 5.90. The van der Waals surface area contributed by atoms with Gasteiger partial charge in [-0.3, -0.25) is 4.90 Å². The smallest absolute Gasteiger partial charge is 0.132 e. The van der Waals surface area contributed by atoms with E-state index in [2.05, 4.69) is 20.4 Å². The van der Waals surface area contributed by atoms with Gasteiger partial charge in [-0.05, 0) is 28.7 Å². The van der Waals surface area contributed by atoms with Crippen molar-refractivity contribution in [2.45, 2.75) is 24.9 Å². The first-order valence-electron chi connectivity index (χ1n) is 10.4. The zero-order valence-electron chi connectivity index (χ0n) is 17.9.